The molecule has 1 aliphatic heterocycles. The molecule has 0 saturated carbocycles. The molecule has 4 rings (SSSR count). The van der Waals surface area contributed by atoms with Gasteiger partial charge in [-0.1, -0.05) is 0 Å². The third-order valence-electron chi connectivity index (χ3n) is 4.72. The first-order valence-electron chi connectivity index (χ1n) is 8.23. The fourth-order valence-electron chi connectivity index (χ4n) is 3.37. The van der Waals surface area contributed by atoms with Gasteiger partial charge in [-0.05, 0) is 17.7 Å². The molecular formula is C17H19N7OS. The van der Waals surface area contributed by atoms with Crippen molar-refractivity contribution in [1.29, 1.82) is 5.26 Å². The summed E-state index contributed by atoms with van der Waals surface area (Å²) in [6, 6.07) is 6.21. The maximum atomic E-state index is 12.2. The summed E-state index contributed by atoms with van der Waals surface area (Å²) >= 11 is -1.19. The molecule has 0 amide bonds. The Balaban J connectivity index is 1.65. The van der Waals surface area contributed by atoms with Crippen molar-refractivity contribution >= 4 is 22.2 Å². The Hall–Kier alpha value is -2.54. The number of H-pyrrole nitrogens is 1. The molecule has 0 spiro atoms. The molecule has 134 valence electrons. The normalized spacial score (nSPS) is 17.9. The Morgan fingerprint density at radius 3 is 2.96 bits per heavy atom. The van der Waals surface area contributed by atoms with E-state index in [0.717, 1.165) is 22.2 Å². The lowest BCUT2D eigenvalue weighted by Crippen LogP contribution is -2.64. The first-order valence-corrected chi connectivity index (χ1v) is 9.29. The number of fused-ring (bicyclic) bond motifs is 1. The molecule has 0 aromatic carbocycles. The van der Waals surface area contributed by atoms with Crippen molar-refractivity contribution in [3.63, 3.8) is 0 Å². The van der Waals surface area contributed by atoms with Crippen LogP contribution < -0.4 is 0 Å². The summed E-state index contributed by atoms with van der Waals surface area (Å²) in [5.74, 6) is 0. The Labute approximate surface area is 153 Å². The van der Waals surface area contributed by atoms with Crippen molar-refractivity contribution in [2.24, 2.45) is 0 Å². The number of nitriles is 1. The van der Waals surface area contributed by atoms with Crippen LogP contribution in [0.4, 0.5) is 0 Å². The number of pyridine rings is 1. The summed E-state index contributed by atoms with van der Waals surface area (Å²) < 4.78 is 17.6. The molecule has 3 aromatic heterocycles. The van der Waals surface area contributed by atoms with Gasteiger partial charge in [0.25, 0.3) is 0 Å². The van der Waals surface area contributed by atoms with E-state index in [9.17, 15) is 9.47 Å². The minimum Gasteiger partial charge on any atom is -0.346 e. The molecule has 0 radical (unpaired) electrons. The SMILES string of the molecule is CN(C)S(=O)N1CC(CC#N)(n2cc(-c3ccnc4[nH]ccc34)cn2)C1. The highest BCUT2D eigenvalue weighted by Crippen LogP contribution is 2.35. The lowest BCUT2D eigenvalue weighted by Gasteiger charge is -2.48. The highest BCUT2D eigenvalue weighted by Gasteiger charge is 2.48. The standard InChI is InChI=1S/C17H19N7OS/c1-22(2)26(25)23-11-17(12-23,5-6-18)24-10-13(9-21-24)14-3-7-19-16-15(14)4-8-20-16/h3-4,7-10H,5,11-12H2,1-2H3,(H,19,20). The Bertz CT molecular complexity index is 1010. The van der Waals surface area contributed by atoms with Gasteiger partial charge >= 0.3 is 0 Å². The lowest BCUT2D eigenvalue weighted by atomic mass is 9.89. The number of nitrogens with zero attached hydrogens (tertiary/aromatic N) is 6. The first kappa shape index (κ1) is 16.9. The van der Waals surface area contributed by atoms with Crippen LogP contribution in [0.1, 0.15) is 6.42 Å². The maximum Gasteiger partial charge on any atom is 0.172 e. The van der Waals surface area contributed by atoms with Crippen LogP contribution in [0.2, 0.25) is 0 Å². The van der Waals surface area contributed by atoms with E-state index in [1.807, 2.05) is 39.7 Å². The van der Waals surface area contributed by atoms with Gasteiger partial charge in [-0.3, -0.25) is 4.68 Å². The molecule has 8 nitrogen and oxygen atoms in total. The van der Waals surface area contributed by atoms with Crippen molar-refractivity contribution in [3.8, 4) is 17.2 Å². The van der Waals surface area contributed by atoms with Gasteiger partial charge in [0.1, 0.15) is 11.2 Å². The van der Waals surface area contributed by atoms with Gasteiger partial charge in [0.05, 0.1) is 18.7 Å². The van der Waals surface area contributed by atoms with Crippen molar-refractivity contribution in [2.75, 3.05) is 27.2 Å². The molecule has 26 heavy (non-hydrogen) atoms. The smallest absolute Gasteiger partial charge is 0.172 e. The number of aromatic amines is 1. The van der Waals surface area contributed by atoms with Crippen molar-refractivity contribution < 1.29 is 4.21 Å². The molecule has 1 unspecified atom stereocenters. The summed E-state index contributed by atoms with van der Waals surface area (Å²) in [5.41, 5.74) is 2.41. The number of rotatable bonds is 5. The molecule has 3 aromatic rings. The largest absolute Gasteiger partial charge is 0.346 e. The molecule has 1 N–H and O–H groups in total. The highest BCUT2D eigenvalue weighted by molar-refractivity contribution is 7.80. The average Bonchev–Trinajstić information content (AvgIpc) is 3.25. The second kappa shape index (κ2) is 6.32. The van der Waals surface area contributed by atoms with Crippen LogP contribution in [0, 0.1) is 11.3 Å². The van der Waals surface area contributed by atoms with Gasteiger partial charge < -0.3 is 4.98 Å². The molecule has 1 atom stereocenters. The van der Waals surface area contributed by atoms with Crippen molar-refractivity contribution in [1.82, 2.24) is 28.4 Å². The van der Waals surface area contributed by atoms with Gasteiger partial charge in [-0.25, -0.2) is 17.8 Å². The summed E-state index contributed by atoms with van der Waals surface area (Å²) in [4.78, 5) is 7.43. The Morgan fingerprint density at radius 2 is 2.23 bits per heavy atom. The van der Waals surface area contributed by atoms with Crippen molar-refractivity contribution in [3.05, 3.63) is 36.9 Å². The summed E-state index contributed by atoms with van der Waals surface area (Å²) in [6.45, 7) is 1.06. The van der Waals surface area contributed by atoms with E-state index >= 15 is 0 Å². The Morgan fingerprint density at radius 1 is 1.42 bits per heavy atom. The second-order valence-corrected chi connectivity index (χ2v) is 8.38. The monoisotopic (exact) mass is 369 g/mol. The number of aromatic nitrogens is 4. The predicted molar refractivity (Wildman–Crippen MR) is 98.9 cm³/mol. The molecule has 1 fully saturated rings. The van der Waals surface area contributed by atoms with Gasteiger partial charge in [0.15, 0.2) is 11.2 Å². The fraction of sp³-hybridized carbons (Fsp3) is 0.353. The van der Waals surface area contributed by atoms with E-state index in [0.29, 0.717) is 19.5 Å². The topological polar surface area (TPSA) is 93.8 Å². The van der Waals surface area contributed by atoms with Crippen LogP contribution in [0.15, 0.2) is 36.9 Å². The minimum atomic E-state index is -1.19. The second-order valence-electron chi connectivity index (χ2n) is 6.67. The third-order valence-corrected chi connectivity index (χ3v) is 6.05. The quantitative estimate of drug-likeness (QED) is 0.737. The molecule has 1 saturated heterocycles. The van der Waals surface area contributed by atoms with Crippen molar-refractivity contribution in [2.45, 2.75) is 12.0 Å². The number of nitrogens with one attached hydrogen (secondary N) is 1. The van der Waals surface area contributed by atoms with Crippen LogP contribution >= 0.6 is 0 Å². The van der Waals surface area contributed by atoms with E-state index in [2.05, 4.69) is 21.1 Å². The fourth-order valence-corrected chi connectivity index (χ4v) is 4.53. The van der Waals surface area contributed by atoms with E-state index in [4.69, 9.17) is 0 Å². The molecular weight excluding hydrogens is 350 g/mol. The van der Waals surface area contributed by atoms with Gasteiger partial charge in [0.2, 0.25) is 0 Å². The zero-order valence-corrected chi connectivity index (χ0v) is 15.4. The van der Waals surface area contributed by atoms with E-state index in [1.54, 1.807) is 24.6 Å². The average molecular weight is 369 g/mol. The highest BCUT2D eigenvalue weighted by atomic mass is 32.2. The minimum absolute atomic E-state index is 0.325. The summed E-state index contributed by atoms with van der Waals surface area (Å²) in [6.07, 6.45) is 7.73. The molecule has 0 aliphatic carbocycles. The summed E-state index contributed by atoms with van der Waals surface area (Å²) in [7, 11) is 3.55. The van der Waals surface area contributed by atoms with Crippen LogP contribution in [0.3, 0.4) is 0 Å². The molecule has 1 aliphatic rings. The predicted octanol–water partition coefficient (Wildman–Crippen LogP) is 1.49. The zero-order valence-electron chi connectivity index (χ0n) is 14.6. The van der Waals surface area contributed by atoms with Crippen LogP contribution in [0.25, 0.3) is 22.2 Å². The first-order chi connectivity index (χ1) is 12.5. The van der Waals surface area contributed by atoms with Gasteiger partial charge in [-0.15, -0.1) is 0 Å². The van der Waals surface area contributed by atoms with E-state index < -0.39 is 16.7 Å². The number of hydrogen-bond acceptors (Lipinski definition) is 4. The van der Waals surface area contributed by atoms with Crippen LogP contribution in [-0.2, 0) is 16.7 Å². The van der Waals surface area contributed by atoms with Crippen LogP contribution in [0.5, 0.6) is 0 Å². The van der Waals surface area contributed by atoms with Gasteiger partial charge in [-0.2, -0.15) is 10.4 Å². The van der Waals surface area contributed by atoms with Gasteiger partial charge in [0, 0.05) is 56.7 Å². The zero-order chi connectivity index (χ0) is 18.3. The molecule has 4 heterocycles. The Kier molecular flexibility index (Phi) is 4.11. The van der Waals surface area contributed by atoms with E-state index in [-0.39, 0.29) is 0 Å². The number of hydrogen-bond donors (Lipinski definition) is 1. The van der Waals surface area contributed by atoms with Crippen LogP contribution in [-0.4, -0.2) is 59.8 Å². The summed E-state index contributed by atoms with van der Waals surface area (Å²) in [5, 5.41) is 14.9. The molecule has 9 heteroatoms. The maximum absolute atomic E-state index is 12.2. The van der Waals surface area contributed by atoms with E-state index in [1.165, 1.54) is 0 Å². The lowest BCUT2D eigenvalue weighted by molar-refractivity contribution is 0.0731. The molecule has 0 bridgehead atoms. The third kappa shape index (κ3) is 2.63.